The maximum atomic E-state index is 9.84. The van der Waals surface area contributed by atoms with Crippen molar-refractivity contribution in [1.82, 2.24) is 0 Å². The lowest BCUT2D eigenvalue weighted by atomic mass is 9.83. The number of hydrogen-bond donors (Lipinski definition) is 2. The van der Waals surface area contributed by atoms with Crippen LogP contribution >= 0.6 is 11.6 Å². The maximum absolute atomic E-state index is 9.84. The quantitative estimate of drug-likeness (QED) is 0.765. The van der Waals surface area contributed by atoms with Gasteiger partial charge in [-0.1, -0.05) is 36.9 Å². The Morgan fingerprint density at radius 3 is 2.40 bits per heavy atom. The first-order valence-corrected chi connectivity index (χ1v) is 5.78. The lowest BCUT2D eigenvalue weighted by molar-refractivity contribution is 0.409. The van der Waals surface area contributed by atoms with Crippen LogP contribution < -0.4 is 0 Å². The molecule has 1 saturated carbocycles. The van der Waals surface area contributed by atoms with Gasteiger partial charge in [-0.2, -0.15) is 0 Å². The molecule has 0 radical (unpaired) electrons. The van der Waals surface area contributed by atoms with Crippen LogP contribution in [-0.2, 0) is 0 Å². The molecule has 0 aliphatic heterocycles. The maximum Gasteiger partial charge on any atom is 0.141 e. The molecule has 82 valence electrons. The minimum absolute atomic E-state index is 0.0475. The zero-order valence-corrected chi connectivity index (χ0v) is 9.30. The molecular formula is C12H15ClO2. The Balaban J connectivity index is 2.31. The van der Waals surface area contributed by atoms with E-state index in [0.29, 0.717) is 5.92 Å². The number of phenolic OH excluding ortho intramolecular Hbond substituents is 2. The van der Waals surface area contributed by atoms with Gasteiger partial charge in [0.2, 0.25) is 0 Å². The Morgan fingerprint density at radius 2 is 1.73 bits per heavy atom. The van der Waals surface area contributed by atoms with E-state index in [2.05, 4.69) is 0 Å². The van der Waals surface area contributed by atoms with Gasteiger partial charge in [-0.3, -0.25) is 0 Å². The topological polar surface area (TPSA) is 40.5 Å². The first kappa shape index (κ1) is 10.6. The monoisotopic (exact) mass is 226 g/mol. The SMILES string of the molecule is Oc1ccc(C2CCCCC2)c(O)c1Cl. The fourth-order valence-electron chi connectivity index (χ4n) is 2.31. The van der Waals surface area contributed by atoms with E-state index in [1.54, 1.807) is 12.1 Å². The Bertz CT molecular complexity index is 357. The number of hydrogen-bond acceptors (Lipinski definition) is 2. The third kappa shape index (κ3) is 2.05. The van der Waals surface area contributed by atoms with Crippen molar-refractivity contribution in [3.05, 3.63) is 22.7 Å². The number of aromatic hydroxyl groups is 2. The molecule has 2 nitrogen and oxygen atoms in total. The predicted octanol–water partition coefficient (Wildman–Crippen LogP) is 3.80. The van der Waals surface area contributed by atoms with E-state index in [9.17, 15) is 10.2 Å². The van der Waals surface area contributed by atoms with Crippen molar-refractivity contribution in [2.75, 3.05) is 0 Å². The highest BCUT2D eigenvalue weighted by Gasteiger charge is 2.20. The van der Waals surface area contributed by atoms with Gasteiger partial charge in [-0.25, -0.2) is 0 Å². The Hall–Kier alpha value is -0.890. The number of rotatable bonds is 1. The van der Waals surface area contributed by atoms with Crippen molar-refractivity contribution < 1.29 is 10.2 Å². The zero-order chi connectivity index (χ0) is 10.8. The molecule has 1 aliphatic rings. The van der Waals surface area contributed by atoms with Crippen molar-refractivity contribution in [2.45, 2.75) is 38.0 Å². The highest BCUT2D eigenvalue weighted by Crippen LogP contribution is 2.43. The van der Waals surface area contributed by atoms with Gasteiger partial charge in [0.25, 0.3) is 0 Å². The van der Waals surface area contributed by atoms with Gasteiger partial charge in [0.15, 0.2) is 0 Å². The normalized spacial score (nSPS) is 17.9. The molecule has 0 saturated heterocycles. The second kappa shape index (κ2) is 4.31. The van der Waals surface area contributed by atoms with E-state index in [0.717, 1.165) is 18.4 Å². The fraction of sp³-hybridized carbons (Fsp3) is 0.500. The standard InChI is InChI=1S/C12H15ClO2/c13-11-10(14)7-6-9(12(11)15)8-4-2-1-3-5-8/h6-8,14-15H,1-5H2. The molecule has 1 aliphatic carbocycles. The third-order valence-electron chi connectivity index (χ3n) is 3.17. The Labute approximate surface area is 94.5 Å². The average Bonchev–Trinajstić information content (AvgIpc) is 2.27. The molecule has 2 rings (SSSR count). The van der Waals surface area contributed by atoms with Crippen LogP contribution in [0.2, 0.25) is 5.02 Å². The highest BCUT2D eigenvalue weighted by atomic mass is 35.5. The summed E-state index contributed by atoms with van der Waals surface area (Å²) < 4.78 is 0. The number of halogens is 1. The van der Waals surface area contributed by atoms with Crippen LogP contribution in [0, 0.1) is 0 Å². The van der Waals surface area contributed by atoms with Crippen LogP contribution in [0.25, 0.3) is 0 Å². The van der Waals surface area contributed by atoms with E-state index in [1.807, 2.05) is 0 Å². The molecule has 1 aromatic rings. The molecular weight excluding hydrogens is 212 g/mol. The van der Waals surface area contributed by atoms with Crippen molar-refractivity contribution >= 4 is 11.6 Å². The molecule has 15 heavy (non-hydrogen) atoms. The molecule has 0 atom stereocenters. The van der Waals surface area contributed by atoms with Crippen molar-refractivity contribution in [2.24, 2.45) is 0 Å². The van der Waals surface area contributed by atoms with Crippen LogP contribution in [0.15, 0.2) is 12.1 Å². The molecule has 2 N–H and O–H groups in total. The third-order valence-corrected chi connectivity index (χ3v) is 3.54. The fourth-order valence-corrected chi connectivity index (χ4v) is 2.48. The van der Waals surface area contributed by atoms with Crippen LogP contribution in [-0.4, -0.2) is 10.2 Å². The van der Waals surface area contributed by atoms with Crippen molar-refractivity contribution in [1.29, 1.82) is 0 Å². The van der Waals surface area contributed by atoms with Crippen LogP contribution in [0.5, 0.6) is 11.5 Å². The van der Waals surface area contributed by atoms with E-state index >= 15 is 0 Å². The summed E-state index contributed by atoms with van der Waals surface area (Å²) in [7, 11) is 0. The van der Waals surface area contributed by atoms with E-state index in [-0.39, 0.29) is 16.5 Å². The molecule has 1 aromatic carbocycles. The molecule has 0 spiro atoms. The van der Waals surface area contributed by atoms with Crippen molar-refractivity contribution in [3.8, 4) is 11.5 Å². The average molecular weight is 227 g/mol. The van der Waals surface area contributed by atoms with Gasteiger partial charge < -0.3 is 10.2 Å². The predicted molar refractivity (Wildman–Crippen MR) is 60.6 cm³/mol. The molecule has 0 heterocycles. The minimum atomic E-state index is -0.0475. The van der Waals surface area contributed by atoms with Gasteiger partial charge >= 0.3 is 0 Å². The lowest BCUT2D eigenvalue weighted by Gasteiger charge is -2.23. The number of benzene rings is 1. The summed E-state index contributed by atoms with van der Waals surface area (Å²) in [4.78, 5) is 0. The van der Waals surface area contributed by atoms with E-state index < -0.39 is 0 Å². The molecule has 0 aromatic heterocycles. The summed E-state index contributed by atoms with van der Waals surface area (Å²) in [5.74, 6) is 0.411. The first-order chi connectivity index (χ1) is 7.20. The highest BCUT2D eigenvalue weighted by molar-refractivity contribution is 6.33. The summed E-state index contributed by atoms with van der Waals surface area (Å²) >= 11 is 5.80. The molecule has 1 fully saturated rings. The molecule has 3 heteroatoms. The summed E-state index contributed by atoms with van der Waals surface area (Å²) in [6.45, 7) is 0. The lowest BCUT2D eigenvalue weighted by Crippen LogP contribution is -2.04. The number of phenols is 2. The summed E-state index contributed by atoms with van der Waals surface area (Å²) in [5, 5.41) is 19.3. The minimum Gasteiger partial charge on any atom is -0.506 e. The van der Waals surface area contributed by atoms with Crippen molar-refractivity contribution in [3.63, 3.8) is 0 Å². The Kier molecular flexibility index (Phi) is 3.06. The molecule has 0 bridgehead atoms. The molecule has 0 amide bonds. The van der Waals surface area contributed by atoms with Gasteiger partial charge in [0.05, 0.1) is 0 Å². The van der Waals surface area contributed by atoms with Gasteiger partial charge in [0.1, 0.15) is 16.5 Å². The largest absolute Gasteiger partial charge is 0.506 e. The van der Waals surface area contributed by atoms with Crippen LogP contribution in [0.1, 0.15) is 43.6 Å². The van der Waals surface area contributed by atoms with Crippen LogP contribution in [0.4, 0.5) is 0 Å². The zero-order valence-electron chi connectivity index (χ0n) is 8.54. The van der Waals surface area contributed by atoms with E-state index in [4.69, 9.17) is 11.6 Å². The van der Waals surface area contributed by atoms with Gasteiger partial charge in [-0.05, 0) is 30.4 Å². The van der Waals surface area contributed by atoms with Gasteiger partial charge in [-0.15, -0.1) is 0 Å². The van der Waals surface area contributed by atoms with Gasteiger partial charge in [0, 0.05) is 0 Å². The summed E-state index contributed by atoms with van der Waals surface area (Å²) in [6, 6.07) is 3.35. The smallest absolute Gasteiger partial charge is 0.141 e. The Morgan fingerprint density at radius 1 is 1.07 bits per heavy atom. The van der Waals surface area contributed by atoms with E-state index in [1.165, 1.54) is 19.3 Å². The first-order valence-electron chi connectivity index (χ1n) is 5.40. The molecule has 0 unspecified atom stereocenters. The second-order valence-electron chi connectivity index (χ2n) is 4.17. The second-order valence-corrected chi connectivity index (χ2v) is 4.55. The van der Waals surface area contributed by atoms with Crippen LogP contribution in [0.3, 0.4) is 0 Å². The summed E-state index contributed by atoms with van der Waals surface area (Å²) in [6.07, 6.45) is 5.91. The summed E-state index contributed by atoms with van der Waals surface area (Å²) in [5.41, 5.74) is 0.887.